The highest BCUT2D eigenvalue weighted by atomic mass is 35.5. The van der Waals surface area contributed by atoms with Crippen molar-refractivity contribution in [2.45, 2.75) is 45.2 Å². The van der Waals surface area contributed by atoms with Crippen LogP contribution in [0.3, 0.4) is 0 Å². The van der Waals surface area contributed by atoms with Crippen molar-refractivity contribution in [3.05, 3.63) is 69.1 Å². The lowest BCUT2D eigenvalue weighted by molar-refractivity contribution is -0.384. The van der Waals surface area contributed by atoms with E-state index >= 15 is 0 Å². The Bertz CT molecular complexity index is 1250. The molecule has 1 saturated heterocycles. The maximum Gasteiger partial charge on any atom is 0.293 e. The van der Waals surface area contributed by atoms with Crippen LogP contribution >= 0.6 is 11.6 Å². The van der Waals surface area contributed by atoms with Crippen molar-refractivity contribution in [3.8, 4) is 11.5 Å². The molecular weight excluding hydrogens is 470 g/mol. The average molecular weight is 496 g/mol. The van der Waals surface area contributed by atoms with E-state index in [1.54, 1.807) is 29.2 Å². The van der Waals surface area contributed by atoms with Crippen molar-refractivity contribution >= 4 is 28.9 Å². The lowest BCUT2D eigenvalue weighted by Gasteiger charge is -2.31. The first-order chi connectivity index (χ1) is 16.9. The third kappa shape index (κ3) is 5.00. The lowest BCUT2D eigenvalue weighted by atomic mass is 9.98. The Labute approximate surface area is 207 Å². The first-order valence-electron chi connectivity index (χ1n) is 11.8. The van der Waals surface area contributed by atoms with E-state index in [0.29, 0.717) is 22.2 Å². The van der Waals surface area contributed by atoms with Crippen molar-refractivity contribution in [2.75, 3.05) is 18.0 Å². The fraction of sp³-hybridized carbons (Fsp3) is 0.400. The molecule has 0 unspecified atom stereocenters. The second-order valence-corrected chi connectivity index (χ2v) is 9.68. The number of hydrogen-bond acceptors (Lipinski definition) is 7. The van der Waals surface area contributed by atoms with Gasteiger partial charge in [-0.3, -0.25) is 14.9 Å². The Morgan fingerprint density at radius 3 is 2.60 bits per heavy atom. The number of hydrogen-bond donors (Lipinski definition) is 0. The molecule has 2 heterocycles. The number of halogens is 1. The molecule has 0 spiro atoms. The van der Waals surface area contributed by atoms with Gasteiger partial charge in [0, 0.05) is 30.8 Å². The summed E-state index contributed by atoms with van der Waals surface area (Å²) in [4.78, 5) is 28.6. The van der Waals surface area contributed by atoms with E-state index in [2.05, 4.69) is 17.1 Å². The molecule has 2 aliphatic rings. The monoisotopic (exact) mass is 495 g/mol. The van der Waals surface area contributed by atoms with Crippen LogP contribution in [0.25, 0.3) is 11.5 Å². The fourth-order valence-corrected chi connectivity index (χ4v) is 4.66. The van der Waals surface area contributed by atoms with Crippen LogP contribution in [0.5, 0.6) is 0 Å². The predicted octanol–water partition coefficient (Wildman–Crippen LogP) is 5.34. The highest BCUT2D eigenvalue weighted by Crippen LogP contribution is 2.35. The van der Waals surface area contributed by atoms with Crippen LogP contribution in [0.2, 0.25) is 5.02 Å². The molecule has 2 fully saturated rings. The number of carbonyl (C=O) groups is 1. The van der Waals surface area contributed by atoms with Gasteiger partial charge in [0.25, 0.3) is 11.6 Å². The molecular formula is C25H26ClN5O4. The fourth-order valence-electron chi connectivity index (χ4n) is 4.45. The minimum atomic E-state index is -0.403. The smallest absolute Gasteiger partial charge is 0.293 e. The van der Waals surface area contributed by atoms with E-state index in [0.717, 1.165) is 38.8 Å². The van der Waals surface area contributed by atoms with Crippen molar-refractivity contribution in [1.82, 2.24) is 15.1 Å². The molecule has 182 valence electrons. The normalized spacial score (nSPS) is 16.3. The molecule has 1 saturated carbocycles. The van der Waals surface area contributed by atoms with Crippen molar-refractivity contribution in [2.24, 2.45) is 5.92 Å². The molecule has 10 heteroatoms. The zero-order valence-electron chi connectivity index (χ0n) is 19.4. The van der Waals surface area contributed by atoms with Crippen LogP contribution in [-0.4, -0.2) is 45.1 Å². The number of rotatable bonds is 7. The standard InChI is InChI=1S/C25H26ClN5O4/c1-16-10-12-29(13-11-16)21-9-6-17(14-22(21)31(33)34)25(32)30(18-7-8-18)15-23-27-28-24(35-23)19-4-2-3-5-20(19)26/h2-6,9,14,16,18H,7-8,10-13,15H2,1H3. The van der Waals surface area contributed by atoms with Gasteiger partial charge in [0.2, 0.25) is 11.8 Å². The van der Waals surface area contributed by atoms with Crippen LogP contribution in [0.4, 0.5) is 11.4 Å². The van der Waals surface area contributed by atoms with Crippen LogP contribution in [-0.2, 0) is 6.54 Å². The summed E-state index contributed by atoms with van der Waals surface area (Å²) >= 11 is 6.23. The molecule has 2 aromatic carbocycles. The van der Waals surface area contributed by atoms with Crippen LogP contribution in [0.1, 0.15) is 48.9 Å². The van der Waals surface area contributed by atoms with Crippen molar-refractivity contribution in [1.29, 1.82) is 0 Å². The number of benzene rings is 2. The number of amides is 1. The number of nitro groups is 1. The first kappa shape index (κ1) is 23.3. The molecule has 3 aromatic rings. The summed E-state index contributed by atoms with van der Waals surface area (Å²) in [5, 5.41) is 20.6. The molecule has 0 atom stereocenters. The summed E-state index contributed by atoms with van der Waals surface area (Å²) in [7, 11) is 0. The Morgan fingerprint density at radius 2 is 1.91 bits per heavy atom. The highest BCUT2D eigenvalue weighted by molar-refractivity contribution is 6.33. The molecule has 1 aliphatic heterocycles. The van der Waals surface area contributed by atoms with Gasteiger partial charge in [-0.05, 0) is 55.9 Å². The zero-order chi connectivity index (χ0) is 24.5. The topological polar surface area (TPSA) is 106 Å². The SMILES string of the molecule is CC1CCN(c2ccc(C(=O)N(Cc3nnc(-c4ccccc4Cl)o3)C3CC3)cc2[N+](=O)[O-])CC1. The molecule has 9 nitrogen and oxygen atoms in total. The highest BCUT2D eigenvalue weighted by Gasteiger charge is 2.35. The minimum absolute atomic E-state index is 0.0417. The molecule has 1 aliphatic carbocycles. The van der Waals surface area contributed by atoms with E-state index < -0.39 is 4.92 Å². The Balaban J connectivity index is 1.38. The van der Waals surface area contributed by atoms with Gasteiger partial charge >= 0.3 is 0 Å². The minimum Gasteiger partial charge on any atom is -0.419 e. The lowest BCUT2D eigenvalue weighted by Crippen LogP contribution is -2.34. The number of aromatic nitrogens is 2. The summed E-state index contributed by atoms with van der Waals surface area (Å²) in [6, 6.07) is 12.0. The molecule has 0 N–H and O–H groups in total. The van der Waals surface area contributed by atoms with E-state index in [1.165, 1.54) is 6.07 Å². The Kier molecular flexibility index (Phi) is 6.42. The molecule has 1 amide bonds. The molecule has 5 rings (SSSR count). The predicted molar refractivity (Wildman–Crippen MR) is 131 cm³/mol. The summed E-state index contributed by atoms with van der Waals surface area (Å²) in [6.07, 6.45) is 3.72. The zero-order valence-corrected chi connectivity index (χ0v) is 20.1. The maximum absolute atomic E-state index is 13.4. The van der Waals surface area contributed by atoms with Gasteiger partial charge in [-0.1, -0.05) is 30.7 Å². The van der Waals surface area contributed by atoms with Crippen LogP contribution in [0, 0.1) is 16.0 Å². The first-order valence-corrected chi connectivity index (χ1v) is 12.2. The van der Waals surface area contributed by atoms with E-state index in [4.69, 9.17) is 16.0 Å². The molecule has 1 aromatic heterocycles. The number of carbonyl (C=O) groups excluding carboxylic acids is 1. The summed E-state index contributed by atoms with van der Waals surface area (Å²) in [6.45, 7) is 3.87. The largest absolute Gasteiger partial charge is 0.419 e. The summed E-state index contributed by atoms with van der Waals surface area (Å²) in [5.41, 5.74) is 1.43. The van der Waals surface area contributed by atoms with Gasteiger partial charge in [-0.15, -0.1) is 10.2 Å². The third-order valence-corrected chi connectivity index (χ3v) is 7.00. The summed E-state index contributed by atoms with van der Waals surface area (Å²) < 4.78 is 5.80. The van der Waals surface area contributed by atoms with Gasteiger partial charge in [0.15, 0.2) is 0 Å². The maximum atomic E-state index is 13.4. The second kappa shape index (κ2) is 9.65. The van der Waals surface area contributed by atoms with Crippen LogP contribution in [0.15, 0.2) is 46.9 Å². The quantitative estimate of drug-likeness (QED) is 0.321. The number of nitrogens with zero attached hydrogens (tertiary/aromatic N) is 5. The molecule has 0 radical (unpaired) electrons. The second-order valence-electron chi connectivity index (χ2n) is 9.28. The van der Waals surface area contributed by atoms with E-state index in [1.807, 2.05) is 17.0 Å². The number of anilines is 1. The van der Waals surface area contributed by atoms with Crippen molar-refractivity contribution < 1.29 is 14.1 Å². The van der Waals surface area contributed by atoms with Gasteiger partial charge in [-0.2, -0.15) is 0 Å². The van der Waals surface area contributed by atoms with Crippen LogP contribution < -0.4 is 4.90 Å². The van der Waals surface area contributed by atoms with Crippen molar-refractivity contribution in [3.63, 3.8) is 0 Å². The average Bonchev–Trinajstić information content (AvgIpc) is 3.60. The molecule has 0 bridgehead atoms. The molecule has 35 heavy (non-hydrogen) atoms. The Hall–Kier alpha value is -3.46. The summed E-state index contributed by atoms with van der Waals surface area (Å²) in [5.74, 6) is 0.895. The van der Waals surface area contributed by atoms with E-state index in [9.17, 15) is 14.9 Å². The van der Waals surface area contributed by atoms with Gasteiger partial charge in [0.05, 0.1) is 22.1 Å². The van der Waals surface area contributed by atoms with Gasteiger partial charge < -0.3 is 14.2 Å². The van der Waals surface area contributed by atoms with Gasteiger partial charge in [-0.25, -0.2) is 0 Å². The Morgan fingerprint density at radius 1 is 1.17 bits per heavy atom. The van der Waals surface area contributed by atoms with E-state index in [-0.39, 0.29) is 41.5 Å². The number of nitro benzene ring substituents is 1. The van der Waals surface area contributed by atoms with Gasteiger partial charge in [0.1, 0.15) is 5.69 Å². The third-order valence-electron chi connectivity index (χ3n) is 6.67. The number of piperidine rings is 1.